The Labute approximate surface area is 176 Å². The van der Waals surface area contributed by atoms with Crippen LogP contribution in [0.2, 0.25) is 0 Å². The number of nitrogens with one attached hydrogen (secondary N) is 1. The third kappa shape index (κ3) is 3.29. The van der Waals surface area contributed by atoms with Crippen molar-refractivity contribution in [2.75, 3.05) is 16.2 Å². The molecule has 30 heavy (non-hydrogen) atoms. The standard InChI is InChI=1S/C22H24N2O5S/c1-15(25)24-12-9-16-13-18(6-7-19(16)24)30(26,27)23-17-5-8-20-21(14-17)29-22(28-20)10-3-2-4-11-22/h5-8,13-14,23H,2-4,9-12H2,1H3. The molecule has 2 aromatic carbocycles. The minimum atomic E-state index is -3.77. The van der Waals surface area contributed by atoms with Crippen LogP contribution in [0.25, 0.3) is 0 Å². The van der Waals surface area contributed by atoms with Crippen LogP contribution >= 0.6 is 0 Å². The van der Waals surface area contributed by atoms with Crippen LogP contribution in [0, 0.1) is 0 Å². The lowest BCUT2D eigenvalue weighted by molar-refractivity contribution is -0.116. The van der Waals surface area contributed by atoms with Gasteiger partial charge < -0.3 is 14.4 Å². The molecule has 7 nitrogen and oxygen atoms in total. The van der Waals surface area contributed by atoms with Crippen molar-refractivity contribution in [2.24, 2.45) is 0 Å². The van der Waals surface area contributed by atoms with Crippen LogP contribution in [0.15, 0.2) is 41.3 Å². The van der Waals surface area contributed by atoms with Gasteiger partial charge in [0, 0.05) is 38.1 Å². The quantitative estimate of drug-likeness (QED) is 0.803. The summed E-state index contributed by atoms with van der Waals surface area (Å²) >= 11 is 0. The first-order valence-electron chi connectivity index (χ1n) is 10.3. The molecule has 0 aromatic heterocycles. The van der Waals surface area contributed by atoms with Crippen LogP contribution in [0.4, 0.5) is 11.4 Å². The van der Waals surface area contributed by atoms with Crippen molar-refractivity contribution >= 4 is 27.3 Å². The van der Waals surface area contributed by atoms with Gasteiger partial charge in [-0.05, 0) is 55.2 Å². The summed E-state index contributed by atoms with van der Waals surface area (Å²) in [5, 5.41) is 0. The van der Waals surface area contributed by atoms with E-state index in [9.17, 15) is 13.2 Å². The molecule has 1 N–H and O–H groups in total. The van der Waals surface area contributed by atoms with Crippen LogP contribution < -0.4 is 19.1 Å². The van der Waals surface area contributed by atoms with Crippen molar-refractivity contribution in [2.45, 2.75) is 56.1 Å². The molecule has 2 heterocycles. The molecule has 1 aliphatic carbocycles. The lowest BCUT2D eigenvalue weighted by Gasteiger charge is -2.31. The maximum atomic E-state index is 12.9. The zero-order chi connectivity index (χ0) is 20.9. The number of carbonyl (C=O) groups is 1. The largest absolute Gasteiger partial charge is 0.448 e. The summed E-state index contributed by atoms with van der Waals surface area (Å²) in [4.78, 5) is 13.5. The molecule has 158 valence electrons. The first kappa shape index (κ1) is 19.2. The van der Waals surface area contributed by atoms with Crippen molar-refractivity contribution in [1.82, 2.24) is 0 Å². The average Bonchev–Trinajstić information content (AvgIpc) is 3.28. The summed E-state index contributed by atoms with van der Waals surface area (Å²) in [5.74, 6) is 0.587. The number of hydrogen-bond donors (Lipinski definition) is 1. The van der Waals surface area contributed by atoms with Gasteiger partial charge in [-0.15, -0.1) is 0 Å². The van der Waals surface area contributed by atoms with E-state index in [-0.39, 0.29) is 10.8 Å². The first-order valence-corrected chi connectivity index (χ1v) is 11.8. The second kappa shape index (κ2) is 6.91. The van der Waals surface area contributed by atoms with Crippen molar-refractivity contribution in [3.8, 4) is 11.5 Å². The predicted molar refractivity (Wildman–Crippen MR) is 112 cm³/mol. The molecule has 1 saturated carbocycles. The Hall–Kier alpha value is -2.74. The van der Waals surface area contributed by atoms with Crippen LogP contribution in [-0.2, 0) is 21.2 Å². The average molecular weight is 429 g/mol. The van der Waals surface area contributed by atoms with Gasteiger partial charge in [0.15, 0.2) is 11.5 Å². The molecule has 2 aliphatic heterocycles. The number of benzene rings is 2. The highest BCUT2D eigenvalue weighted by atomic mass is 32.2. The topological polar surface area (TPSA) is 84.9 Å². The van der Waals surface area contributed by atoms with Gasteiger partial charge in [0.2, 0.25) is 5.91 Å². The van der Waals surface area contributed by atoms with Gasteiger partial charge in [0.05, 0.1) is 10.6 Å². The summed E-state index contributed by atoms with van der Waals surface area (Å²) in [6.45, 7) is 2.09. The van der Waals surface area contributed by atoms with Gasteiger partial charge in [-0.3, -0.25) is 9.52 Å². The van der Waals surface area contributed by atoms with Gasteiger partial charge >= 0.3 is 0 Å². The third-order valence-corrected chi connectivity index (χ3v) is 7.42. The fourth-order valence-corrected chi connectivity index (χ4v) is 5.64. The Kier molecular flexibility index (Phi) is 4.43. The number of amides is 1. The monoisotopic (exact) mass is 428 g/mol. The maximum Gasteiger partial charge on any atom is 0.261 e. The SMILES string of the molecule is CC(=O)N1CCc2cc(S(=O)(=O)Nc3ccc4c(c3)OC3(CCCCC3)O4)ccc21. The zero-order valence-electron chi connectivity index (χ0n) is 16.8. The Morgan fingerprint density at radius 2 is 1.80 bits per heavy atom. The minimum absolute atomic E-state index is 0.0430. The predicted octanol–water partition coefficient (Wildman–Crippen LogP) is 3.83. The number of rotatable bonds is 3. The summed E-state index contributed by atoms with van der Waals surface area (Å²) in [7, 11) is -3.77. The van der Waals surface area contributed by atoms with E-state index in [0.29, 0.717) is 30.2 Å². The maximum absolute atomic E-state index is 12.9. The molecule has 1 spiro atoms. The van der Waals surface area contributed by atoms with E-state index in [1.165, 1.54) is 19.4 Å². The summed E-state index contributed by atoms with van der Waals surface area (Å²) in [6.07, 6.45) is 5.63. The summed E-state index contributed by atoms with van der Waals surface area (Å²) in [5.41, 5.74) is 2.07. The van der Waals surface area contributed by atoms with E-state index in [1.54, 1.807) is 35.2 Å². The van der Waals surface area contributed by atoms with Gasteiger partial charge in [-0.25, -0.2) is 8.42 Å². The van der Waals surface area contributed by atoms with E-state index in [2.05, 4.69) is 4.72 Å². The zero-order valence-corrected chi connectivity index (χ0v) is 17.6. The summed E-state index contributed by atoms with van der Waals surface area (Å²) < 4.78 is 40.7. The van der Waals surface area contributed by atoms with Crippen molar-refractivity contribution in [3.05, 3.63) is 42.0 Å². The van der Waals surface area contributed by atoms with Gasteiger partial charge in [0.1, 0.15) is 0 Å². The van der Waals surface area contributed by atoms with E-state index >= 15 is 0 Å². The van der Waals surface area contributed by atoms with Crippen LogP contribution in [0.1, 0.15) is 44.6 Å². The van der Waals surface area contributed by atoms with E-state index in [4.69, 9.17) is 9.47 Å². The lowest BCUT2D eigenvalue weighted by atomic mass is 9.94. The molecule has 0 radical (unpaired) electrons. The molecular weight excluding hydrogens is 404 g/mol. The number of fused-ring (bicyclic) bond motifs is 2. The van der Waals surface area contributed by atoms with Gasteiger partial charge in [-0.2, -0.15) is 0 Å². The normalized spacial score (nSPS) is 19.0. The minimum Gasteiger partial charge on any atom is -0.448 e. The molecular formula is C22H24N2O5S. The molecule has 2 aromatic rings. The van der Waals surface area contributed by atoms with Gasteiger partial charge in [-0.1, -0.05) is 6.42 Å². The van der Waals surface area contributed by atoms with Crippen molar-refractivity contribution in [3.63, 3.8) is 0 Å². The Bertz CT molecular complexity index is 1120. The molecule has 0 saturated heterocycles. The number of carbonyl (C=O) groups excluding carboxylic acids is 1. The van der Waals surface area contributed by atoms with Crippen LogP contribution in [0.5, 0.6) is 11.5 Å². The fourth-order valence-electron chi connectivity index (χ4n) is 4.54. The molecule has 0 bridgehead atoms. The number of anilines is 2. The van der Waals surface area contributed by atoms with Crippen LogP contribution in [-0.4, -0.2) is 26.7 Å². The van der Waals surface area contributed by atoms with E-state index in [1.807, 2.05) is 0 Å². The van der Waals surface area contributed by atoms with Crippen molar-refractivity contribution < 1.29 is 22.7 Å². The fraction of sp³-hybridized carbons (Fsp3) is 0.409. The summed E-state index contributed by atoms with van der Waals surface area (Å²) in [6, 6.07) is 10.00. The van der Waals surface area contributed by atoms with E-state index < -0.39 is 15.8 Å². The number of hydrogen-bond acceptors (Lipinski definition) is 5. The third-order valence-electron chi connectivity index (χ3n) is 6.04. The van der Waals surface area contributed by atoms with E-state index in [0.717, 1.165) is 36.9 Å². The molecule has 3 aliphatic rings. The smallest absolute Gasteiger partial charge is 0.261 e. The Morgan fingerprint density at radius 3 is 2.57 bits per heavy atom. The first-order chi connectivity index (χ1) is 14.4. The lowest BCUT2D eigenvalue weighted by Crippen LogP contribution is -2.40. The van der Waals surface area contributed by atoms with Crippen LogP contribution in [0.3, 0.4) is 0 Å². The van der Waals surface area contributed by atoms with Gasteiger partial charge in [0.25, 0.3) is 15.8 Å². The van der Waals surface area contributed by atoms with Crippen molar-refractivity contribution in [1.29, 1.82) is 0 Å². The molecule has 0 unspecified atom stereocenters. The molecule has 1 amide bonds. The Morgan fingerprint density at radius 1 is 1.03 bits per heavy atom. The second-order valence-corrected chi connectivity index (χ2v) is 9.84. The number of sulfonamides is 1. The molecule has 1 fully saturated rings. The second-order valence-electron chi connectivity index (χ2n) is 8.15. The highest BCUT2D eigenvalue weighted by Gasteiger charge is 2.42. The molecule has 5 rings (SSSR count). The highest BCUT2D eigenvalue weighted by Crippen LogP contribution is 2.46. The number of nitrogens with zero attached hydrogens (tertiary/aromatic N) is 1. The number of ether oxygens (including phenoxy) is 2. The molecule has 0 atom stereocenters. The highest BCUT2D eigenvalue weighted by molar-refractivity contribution is 7.92. The Balaban J connectivity index is 1.37. The molecule has 8 heteroatoms.